The molecule has 0 spiro atoms. The summed E-state index contributed by atoms with van der Waals surface area (Å²) in [6, 6.07) is 15.5. The van der Waals surface area contributed by atoms with Crippen molar-refractivity contribution in [3.63, 3.8) is 0 Å². The quantitative estimate of drug-likeness (QED) is 0.752. The SMILES string of the molecule is NC(=O)Cc1[nH]nc2ccc(OCc3ccccc3)cc12. The molecule has 5 nitrogen and oxygen atoms in total. The number of aromatic nitrogens is 2. The molecule has 1 heterocycles. The molecule has 0 atom stereocenters. The minimum atomic E-state index is -0.392. The number of hydrogen-bond donors (Lipinski definition) is 2. The summed E-state index contributed by atoms with van der Waals surface area (Å²) >= 11 is 0. The van der Waals surface area contributed by atoms with Crippen LogP contribution in [0.2, 0.25) is 0 Å². The normalized spacial score (nSPS) is 10.7. The van der Waals surface area contributed by atoms with Crippen LogP contribution in [0.25, 0.3) is 10.9 Å². The first-order chi connectivity index (χ1) is 10.2. The summed E-state index contributed by atoms with van der Waals surface area (Å²) in [5.41, 5.74) is 7.83. The van der Waals surface area contributed by atoms with Crippen molar-refractivity contribution in [2.45, 2.75) is 13.0 Å². The van der Waals surface area contributed by atoms with E-state index in [-0.39, 0.29) is 6.42 Å². The zero-order valence-electron chi connectivity index (χ0n) is 11.4. The molecule has 5 heteroatoms. The van der Waals surface area contributed by atoms with Crippen LogP contribution >= 0.6 is 0 Å². The molecule has 0 saturated heterocycles. The Morgan fingerprint density at radius 1 is 1.19 bits per heavy atom. The molecule has 3 rings (SSSR count). The van der Waals surface area contributed by atoms with E-state index in [0.717, 1.165) is 22.2 Å². The van der Waals surface area contributed by atoms with Crippen LogP contribution in [-0.4, -0.2) is 16.1 Å². The van der Waals surface area contributed by atoms with E-state index in [1.54, 1.807) is 0 Å². The van der Waals surface area contributed by atoms with Crippen molar-refractivity contribution in [1.29, 1.82) is 0 Å². The predicted octanol–water partition coefficient (Wildman–Crippen LogP) is 2.17. The number of benzene rings is 2. The molecular formula is C16H15N3O2. The zero-order chi connectivity index (χ0) is 14.7. The van der Waals surface area contributed by atoms with Crippen LogP contribution in [0.15, 0.2) is 48.5 Å². The Balaban J connectivity index is 1.81. The number of H-pyrrole nitrogens is 1. The van der Waals surface area contributed by atoms with Gasteiger partial charge in [-0.05, 0) is 23.8 Å². The molecule has 0 aliphatic rings. The van der Waals surface area contributed by atoms with Crippen LogP contribution in [-0.2, 0) is 17.8 Å². The van der Waals surface area contributed by atoms with Crippen LogP contribution in [0.4, 0.5) is 0 Å². The number of amides is 1. The summed E-state index contributed by atoms with van der Waals surface area (Å²) in [5.74, 6) is 0.342. The van der Waals surface area contributed by atoms with Crippen molar-refractivity contribution in [2.75, 3.05) is 0 Å². The number of aromatic amines is 1. The maximum absolute atomic E-state index is 11.0. The van der Waals surface area contributed by atoms with Gasteiger partial charge in [-0.1, -0.05) is 30.3 Å². The molecular weight excluding hydrogens is 266 g/mol. The van der Waals surface area contributed by atoms with Gasteiger partial charge >= 0.3 is 0 Å². The maximum Gasteiger partial charge on any atom is 0.223 e. The van der Waals surface area contributed by atoms with Crippen LogP contribution in [0.1, 0.15) is 11.3 Å². The molecule has 0 aliphatic heterocycles. The average molecular weight is 281 g/mol. The molecule has 106 valence electrons. The van der Waals surface area contributed by atoms with Gasteiger partial charge in [-0.2, -0.15) is 5.10 Å². The molecule has 0 aliphatic carbocycles. The van der Waals surface area contributed by atoms with E-state index in [9.17, 15) is 4.79 Å². The van der Waals surface area contributed by atoms with Gasteiger partial charge in [0, 0.05) is 5.39 Å². The van der Waals surface area contributed by atoms with E-state index in [4.69, 9.17) is 10.5 Å². The molecule has 2 aromatic carbocycles. The Morgan fingerprint density at radius 3 is 2.76 bits per heavy atom. The topological polar surface area (TPSA) is 81.0 Å². The first kappa shape index (κ1) is 13.2. The van der Waals surface area contributed by atoms with Crippen molar-refractivity contribution >= 4 is 16.8 Å². The molecule has 0 bridgehead atoms. The highest BCUT2D eigenvalue weighted by Crippen LogP contribution is 2.23. The second-order valence-corrected chi connectivity index (χ2v) is 4.80. The fourth-order valence-corrected chi connectivity index (χ4v) is 2.18. The predicted molar refractivity (Wildman–Crippen MR) is 79.8 cm³/mol. The molecule has 3 N–H and O–H groups in total. The third-order valence-corrected chi connectivity index (χ3v) is 3.20. The maximum atomic E-state index is 11.0. The highest BCUT2D eigenvalue weighted by Gasteiger charge is 2.09. The van der Waals surface area contributed by atoms with Crippen molar-refractivity contribution in [3.05, 3.63) is 59.8 Å². The van der Waals surface area contributed by atoms with Gasteiger partial charge in [0.2, 0.25) is 5.91 Å². The van der Waals surface area contributed by atoms with Gasteiger partial charge in [0.25, 0.3) is 0 Å². The van der Waals surface area contributed by atoms with E-state index in [1.807, 2.05) is 48.5 Å². The number of carbonyl (C=O) groups excluding carboxylic acids is 1. The van der Waals surface area contributed by atoms with Crippen molar-refractivity contribution in [2.24, 2.45) is 5.73 Å². The Morgan fingerprint density at radius 2 is 2.00 bits per heavy atom. The number of nitrogens with zero attached hydrogens (tertiary/aromatic N) is 1. The standard InChI is InChI=1S/C16H15N3O2/c17-16(20)9-15-13-8-12(6-7-14(13)18-19-15)21-10-11-4-2-1-3-5-11/h1-8H,9-10H2,(H2,17,20)(H,18,19). The lowest BCUT2D eigenvalue weighted by Gasteiger charge is -2.06. The van der Waals surface area contributed by atoms with Gasteiger partial charge in [0.1, 0.15) is 12.4 Å². The van der Waals surface area contributed by atoms with Crippen LogP contribution < -0.4 is 10.5 Å². The third kappa shape index (κ3) is 3.02. The molecule has 1 amide bonds. The number of nitrogens with one attached hydrogen (secondary N) is 1. The molecule has 0 fully saturated rings. The highest BCUT2D eigenvalue weighted by atomic mass is 16.5. The second-order valence-electron chi connectivity index (χ2n) is 4.80. The first-order valence-corrected chi connectivity index (χ1v) is 6.64. The lowest BCUT2D eigenvalue weighted by molar-refractivity contribution is -0.117. The van der Waals surface area contributed by atoms with E-state index in [1.165, 1.54) is 0 Å². The van der Waals surface area contributed by atoms with E-state index in [2.05, 4.69) is 10.2 Å². The smallest absolute Gasteiger partial charge is 0.223 e. The Labute approximate surface area is 121 Å². The summed E-state index contributed by atoms with van der Waals surface area (Å²) in [7, 11) is 0. The number of rotatable bonds is 5. The average Bonchev–Trinajstić information content (AvgIpc) is 2.88. The number of carbonyl (C=O) groups is 1. The third-order valence-electron chi connectivity index (χ3n) is 3.20. The van der Waals surface area contributed by atoms with Gasteiger partial charge < -0.3 is 10.5 Å². The lowest BCUT2D eigenvalue weighted by atomic mass is 10.1. The number of primary amides is 1. The van der Waals surface area contributed by atoms with Crippen molar-refractivity contribution in [1.82, 2.24) is 10.2 Å². The minimum Gasteiger partial charge on any atom is -0.489 e. The number of fused-ring (bicyclic) bond motifs is 1. The van der Waals surface area contributed by atoms with Crippen molar-refractivity contribution < 1.29 is 9.53 Å². The molecule has 0 saturated carbocycles. The highest BCUT2D eigenvalue weighted by molar-refractivity contribution is 5.87. The van der Waals surface area contributed by atoms with Crippen LogP contribution in [0, 0.1) is 0 Å². The Bertz CT molecular complexity index is 766. The molecule has 21 heavy (non-hydrogen) atoms. The molecule has 0 radical (unpaired) electrons. The number of nitrogens with two attached hydrogens (primary N) is 1. The molecule has 0 unspecified atom stereocenters. The molecule has 1 aromatic heterocycles. The van der Waals surface area contributed by atoms with Crippen LogP contribution in [0.5, 0.6) is 5.75 Å². The lowest BCUT2D eigenvalue weighted by Crippen LogP contribution is -2.14. The van der Waals surface area contributed by atoms with E-state index >= 15 is 0 Å². The summed E-state index contributed by atoms with van der Waals surface area (Å²) in [6.45, 7) is 0.495. The summed E-state index contributed by atoms with van der Waals surface area (Å²) in [5, 5.41) is 7.84. The Hall–Kier alpha value is -2.82. The fourth-order valence-electron chi connectivity index (χ4n) is 2.18. The largest absolute Gasteiger partial charge is 0.489 e. The van der Waals surface area contributed by atoms with Gasteiger partial charge in [0.05, 0.1) is 17.6 Å². The molecule has 3 aromatic rings. The van der Waals surface area contributed by atoms with E-state index < -0.39 is 5.91 Å². The first-order valence-electron chi connectivity index (χ1n) is 6.64. The van der Waals surface area contributed by atoms with Crippen LogP contribution in [0.3, 0.4) is 0 Å². The van der Waals surface area contributed by atoms with Gasteiger partial charge in [0.15, 0.2) is 0 Å². The van der Waals surface area contributed by atoms with Crippen molar-refractivity contribution in [3.8, 4) is 5.75 Å². The number of hydrogen-bond acceptors (Lipinski definition) is 3. The van der Waals surface area contributed by atoms with Gasteiger partial charge in [-0.3, -0.25) is 9.89 Å². The summed E-state index contributed by atoms with van der Waals surface area (Å²) in [6.07, 6.45) is 0.138. The van der Waals surface area contributed by atoms with E-state index in [0.29, 0.717) is 12.3 Å². The Kier molecular flexibility index (Phi) is 3.55. The zero-order valence-corrected chi connectivity index (χ0v) is 11.4. The van der Waals surface area contributed by atoms with Gasteiger partial charge in [-0.25, -0.2) is 0 Å². The monoisotopic (exact) mass is 281 g/mol. The second kappa shape index (κ2) is 5.66. The minimum absolute atomic E-state index is 0.138. The summed E-state index contributed by atoms with van der Waals surface area (Å²) in [4.78, 5) is 11.0. The fraction of sp³-hybridized carbons (Fsp3) is 0.125. The summed E-state index contributed by atoms with van der Waals surface area (Å²) < 4.78 is 5.77. The number of ether oxygens (including phenoxy) is 1. The van der Waals surface area contributed by atoms with Gasteiger partial charge in [-0.15, -0.1) is 0 Å².